The number of halogens is 2. The zero-order chi connectivity index (χ0) is 27.4. The van der Waals surface area contributed by atoms with Crippen LogP contribution in [0.25, 0.3) is 11.1 Å². The molecule has 1 fully saturated rings. The topological polar surface area (TPSA) is 21.7 Å². The Morgan fingerprint density at radius 3 is 2.36 bits per heavy atom. The molecule has 0 aliphatic carbocycles. The third-order valence-electron chi connectivity index (χ3n) is 7.61. The summed E-state index contributed by atoms with van der Waals surface area (Å²) in [6, 6.07) is 22.7. The van der Waals surface area contributed by atoms with Crippen molar-refractivity contribution in [3.05, 3.63) is 89.0 Å². The van der Waals surface area contributed by atoms with Gasteiger partial charge in [0.25, 0.3) is 0 Å². The van der Waals surface area contributed by atoms with Crippen LogP contribution in [0, 0.1) is 0 Å². The molecule has 0 saturated carbocycles. The van der Waals surface area contributed by atoms with E-state index in [4.69, 9.17) is 4.74 Å². The standard InChI is InChI=1S/C33H37F2NO2S/c1-33(2,3)25-9-5-23(6-10-25)29-16-20-39-31-21-27(38-35)13-14-30(31)32(29)24-7-11-26(12-8-24)37-28-15-19-36(22-28)18-4-17-34/h5-14,21,28H,4,15-20,22H2,1-3H3. The number of thioether (sulfide) groups is 1. The van der Waals surface area contributed by atoms with Crippen LogP contribution in [0.1, 0.15) is 62.3 Å². The molecule has 0 bridgehead atoms. The van der Waals surface area contributed by atoms with Gasteiger partial charge >= 0.3 is 0 Å². The van der Waals surface area contributed by atoms with Gasteiger partial charge in [0.2, 0.25) is 0 Å². The van der Waals surface area contributed by atoms with Crippen molar-refractivity contribution >= 4 is 22.9 Å². The number of allylic oxidation sites excluding steroid dienone is 1. The first-order valence-corrected chi connectivity index (χ1v) is 14.8. The highest BCUT2D eigenvalue weighted by Crippen LogP contribution is 2.44. The Morgan fingerprint density at radius 2 is 1.67 bits per heavy atom. The first kappa shape index (κ1) is 27.7. The molecule has 1 saturated heterocycles. The maximum absolute atomic E-state index is 13.0. The zero-order valence-electron chi connectivity index (χ0n) is 23.0. The molecule has 1 atom stereocenters. The van der Waals surface area contributed by atoms with Crippen molar-refractivity contribution in [1.29, 1.82) is 0 Å². The predicted octanol–water partition coefficient (Wildman–Crippen LogP) is 8.52. The Bertz CT molecular complexity index is 1300. The average molecular weight is 550 g/mol. The Hall–Kier alpha value is -2.83. The first-order valence-electron chi connectivity index (χ1n) is 13.8. The van der Waals surface area contributed by atoms with E-state index in [1.54, 1.807) is 23.9 Å². The van der Waals surface area contributed by atoms with Crippen molar-refractivity contribution in [1.82, 2.24) is 4.90 Å². The van der Waals surface area contributed by atoms with Crippen LogP contribution in [0.3, 0.4) is 0 Å². The highest BCUT2D eigenvalue weighted by Gasteiger charge is 2.25. The van der Waals surface area contributed by atoms with Gasteiger partial charge in [-0.2, -0.15) is 0 Å². The second kappa shape index (κ2) is 12.1. The number of rotatable bonds is 8. The number of alkyl halides is 1. The van der Waals surface area contributed by atoms with Crippen LogP contribution in [0.5, 0.6) is 11.5 Å². The lowest BCUT2D eigenvalue weighted by atomic mass is 9.84. The maximum Gasteiger partial charge on any atom is 0.173 e. The summed E-state index contributed by atoms with van der Waals surface area (Å²) >= 11 is 1.73. The highest BCUT2D eigenvalue weighted by molar-refractivity contribution is 7.99. The Balaban J connectivity index is 1.48. The van der Waals surface area contributed by atoms with Crippen LogP contribution in [0.2, 0.25) is 0 Å². The van der Waals surface area contributed by atoms with E-state index in [9.17, 15) is 8.92 Å². The van der Waals surface area contributed by atoms with Crippen molar-refractivity contribution in [3.8, 4) is 11.5 Å². The fourth-order valence-corrected chi connectivity index (χ4v) is 6.54. The van der Waals surface area contributed by atoms with Gasteiger partial charge in [0.05, 0.1) is 6.67 Å². The van der Waals surface area contributed by atoms with E-state index < -0.39 is 0 Å². The minimum absolute atomic E-state index is 0.0871. The van der Waals surface area contributed by atoms with Gasteiger partial charge in [-0.25, -0.2) is 0 Å². The van der Waals surface area contributed by atoms with Gasteiger partial charge < -0.3 is 4.74 Å². The van der Waals surface area contributed by atoms with E-state index in [1.807, 2.05) is 18.2 Å². The van der Waals surface area contributed by atoms with Gasteiger partial charge in [-0.1, -0.05) is 57.2 Å². The lowest BCUT2D eigenvalue weighted by Gasteiger charge is -2.21. The van der Waals surface area contributed by atoms with E-state index in [2.05, 4.69) is 67.0 Å². The number of benzene rings is 3. The number of hydrogen-bond donors (Lipinski definition) is 0. The van der Waals surface area contributed by atoms with Crippen LogP contribution < -0.4 is 9.68 Å². The van der Waals surface area contributed by atoms with Crippen molar-refractivity contribution in [3.63, 3.8) is 0 Å². The van der Waals surface area contributed by atoms with Gasteiger partial charge in [0, 0.05) is 34.8 Å². The summed E-state index contributed by atoms with van der Waals surface area (Å²) in [4.78, 5) is 7.35. The molecule has 0 spiro atoms. The van der Waals surface area contributed by atoms with Crippen molar-refractivity contribution in [2.45, 2.75) is 56.4 Å². The summed E-state index contributed by atoms with van der Waals surface area (Å²) in [6.45, 7) is 8.99. The summed E-state index contributed by atoms with van der Waals surface area (Å²) in [7, 11) is 0. The predicted molar refractivity (Wildman–Crippen MR) is 157 cm³/mol. The zero-order valence-corrected chi connectivity index (χ0v) is 23.8. The second-order valence-corrected chi connectivity index (χ2v) is 12.5. The molecule has 2 aliphatic heterocycles. The molecule has 2 aliphatic rings. The molecular formula is C33H37F2NO2S. The van der Waals surface area contributed by atoms with Crippen molar-refractivity contribution in [2.24, 2.45) is 0 Å². The number of ether oxygens (including phenoxy) is 1. The molecule has 3 nitrogen and oxygen atoms in total. The van der Waals surface area contributed by atoms with E-state index in [0.717, 1.165) is 65.6 Å². The molecule has 0 aromatic heterocycles. The molecule has 5 rings (SSSR count). The van der Waals surface area contributed by atoms with Crippen LogP contribution >= 0.6 is 11.8 Å². The summed E-state index contributed by atoms with van der Waals surface area (Å²) in [5.41, 5.74) is 7.23. The Morgan fingerprint density at radius 1 is 0.949 bits per heavy atom. The molecular weight excluding hydrogens is 512 g/mol. The van der Waals surface area contributed by atoms with Crippen molar-refractivity contribution < 1.29 is 18.6 Å². The minimum atomic E-state index is -0.272. The van der Waals surface area contributed by atoms with Crippen LogP contribution in [-0.4, -0.2) is 43.1 Å². The highest BCUT2D eigenvalue weighted by atomic mass is 32.2. The van der Waals surface area contributed by atoms with Gasteiger partial charge in [0.1, 0.15) is 11.9 Å². The number of likely N-dealkylation sites (tertiary alicyclic amines) is 1. The van der Waals surface area contributed by atoms with E-state index in [-0.39, 0.29) is 23.9 Å². The summed E-state index contributed by atoms with van der Waals surface area (Å²) < 4.78 is 31.9. The SMILES string of the molecule is CC(C)(C)c1ccc(C2=C(c3ccc(OC4CCN(CCCF)C4)cc3)c3ccc(OF)cc3SCC2)cc1. The molecule has 0 radical (unpaired) electrons. The fourth-order valence-electron chi connectivity index (χ4n) is 5.49. The summed E-state index contributed by atoms with van der Waals surface area (Å²) in [6.07, 6.45) is 2.55. The molecule has 6 heteroatoms. The van der Waals surface area contributed by atoms with Crippen LogP contribution in [0.4, 0.5) is 8.92 Å². The van der Waals surface area contributed by atoms with Gasteiger partial charge in [-0.3, -0.25) is 14.2 Å². The third-order valence-corrected chi connectivity index (χ3v) is 8.66. The molecule has 0 N–H and O–H groups in total. The fraction of sp³-hybridized carbons (Fsp3) is 0.394. The van der Waals surface area contributed by atoms with Crippen LogP contribution in [0.15, 0.2) is 71.6 Å². The molecule has 206 valence electrons. The maximum atomic E-state index is 13.0. The lowest BCUT2D eigenvalue weighted by Crippen LogP contribution is -2.26. The summed E-state index contributed by atoms with van der Waals surface area (Å²) in [5.74, 6) is 1.96. The molecule has 0 amide bonds. The Labute approximate surface area is 235 Å². The van der Waals surface area contributed by atoms with E-state index >= 15 is 0 Å². The number of nitrogens with zero attached hydrogens (tertiary/aromatic N) is 1. The molecule has 3 aromatic carbocycles. The Kier molecular flexibility index (Phi) is 8.63. The average Bonchev–Trinajstić information content (AvgIpc) is 3.29. The number of fused-ring (bicyclic) bond motifs is 1. The smallest absolute Gasteiger partial charge is 0.173 e. The lowest BCUT2D eigenvalue weighted by molar-refractivity contribution is -0.00646. The van der Waals surface area contributed by atoms with Gasteiger partial charge in [0.15, 0.2) is 5.75 Å². The van der Waals surface area contributed by atoms with Gasteiger partial charge in [-0.15, -0.1) is 11.8 Å². The minimum Gasteiger partial charge on any atom is -0.489 e. The monoisotopic (exact) mass is 549 g/mol. The van der Waals surface area contributed by atoms with E-state index in [0.29, 0.717) is 6.42 Å². The molecule has 3 aromatic rings. The molecule has 1 unspecified atom stereocenters. The second-order valence-electron chi connectivity index (χ2n) is 11.4. The molecule has 2 heterocycles. The largest absolute Gasteiger partial charge is 0.489 e. The molecule has 39 heavy (non-hydrogen) atoms. The normalized spacial score (nSPS) is 18.1. The summed E-state index contributed by atoms with van der Waals surface area (Å²) in [5, 5.41) is 0. The first-order chi connectivity index (χ1) is 18.9. The van der Waals surface area contributed by atoms with Crippen molar-refractivity contribution in [2.75, 3.05) is 32.1 Å². The van der Waals surface area contributed by atoms with Crippen LogP contribution in [-0.2, 0) is 5.41 Å². The quantitative estimate of drug-likeness (QED) is 0.281. The number of hydrogen-bond acceptors (Lipinski definition) is 4. The third kappa shape index (κ3) is 6.50. The van der Waals surface area contributed by atoms with Gasteiger partial charge in [-0.05, 0) is 88.4 Å². The van der Waals surface area contributed by atoms with E-state index in [1.165, 1.54) is 16.7 Å².